The zero-order valence-electron chi connectivity index (χ0n) is 11.4. The van der Waals surface area contributed by atoms with Crippen LogP contribution in [0.1, 0.15) is 27.7 Å². The fourth-order valence-electron chi connectivity index (χ4n) is 1.14. The quantitative estimate of drug-likeness (QED) is 0.539. The van der Waals surface area contributed by atoms with Gasteiger partial charge in [0.05, 0.1) is 13.2 Å². The van der Waals surface area contributed by atoms with E-state index < -0.39 is 10.8 Å². The van der Waals surface area contributed by atoms with E-state index in [4.69, 9.17) is 10.5 Å². The van der Waals surface area contributed by atoms with E-state index >= 15 is 0 Å². The van der Waals surface area contributed by atoms with E-state index in [1.165, 1.54) is 0 Å². The van der Waals surface area contributed by atoms with Crippen LogP contribution in [0.25, 0.3) is 0 Å². The number of guanidine groups is 1. The van der Waals surface area contributed by atoms with E-state index in [0.29, 0.717) is 24.9 Å². The molecule has 2 unspecified atom stereocenters. The average molecular weight is 263 g/mol. The number of rotatable bonds is 6. The third-order valence-electron chi connectivity index (χ3n) is 2.05. The number of hydrogen-bond donors (Lipinski definition) is 2. The smallest absolute Gasteiger partial charge is 0.188 e. The minimum Gasteiger partial charge on any atom is -0.383 e. The Kier molecular flexibility index (Phi) is 7.38. The molecule has 0 saturated carbocycles. The van der Waals surface area contributed by atoms with Gasteiger partial charge in [-0.05, 0) is 27.7 Å². The molecule has 0 rings (SSSR count). The molecule has 2 atom stereocenters. The minimum atomic E-state index is -0.885. The Morgan fingerprint density at radius 1 is 1.53 bits per heavy atom. The first kappa shape index (κ1) is 16.4. The molecule has 0 heterocycles. The number of nitrogens with one attached hydrogen (secondary N) is 1. The topological polar surface area (TPSA) is 76.7 Å². The van der Waals surface area contributed by atoms with Crippen LogP contribution in [-0.2, 0) is 15.5 Å². The molecule has 0 spiro atoms. The number of nitrogens with two attached hydrogens (primary N) is 1. The van der Waals surface area contributed by atoms with E-state index in [2.05, 4.69) is 10.3 Å². The van der Waals surface area contributed by atoms with E-state index in [-0.39, 0.29) is 10.8 Å². The molecule has 0 aliphatic heterocycles. The first-order valence-electron chi connectivity index (χ1n) is 5.71. The van der Waals surface area contributed by atoms with Gasteiger partial charge in [0.25, 0.3) is 0 Å². The summed E-state index contributed by atoms with van der Waals surface area (Å²) in [6.45, 7) is 8.87. The number of nitrogens with zero attached hydrogens (tertiary/aromatic N) is 1. The Morgan fingerprint density at radius 3 is 2.59 bits per heavy atom. The lowest BCUT2D eigenvalue weighted by Gasteiger charge is -2.17. The summed E-state index contributed by atoms with van der Waals surface area (Å²) in [5, 5.41) is 3.00. The van der Waals surface area contributed by atoms with Gasteiger partial charge in [-0.1, -0.05) is 0 Å². The minimum absolute atomic E-state index is 0.122. The lowest BCUT2D eigenvalue weighted by atomic mass is 10.3. The van der Waals surface area contributed by atoms with Crippen molar-refractivity contribution in [3.05, 3.63) is 0 Å². The van der Waals surface area contributed by atoms with Crippen LogP contribution in [0.15, 0.2) is 4.99 Å². The van der Waals surface area contributed by atoms with Gasteiger partial charge < -0.3 is 15.8 Å². The summed E-state index contributed by atoms with van der Waals surface area (Å²) in [6, 6.07) is 0.122. The molecule has 6 heteroatoms. The van der Waals surface area contributed by atoms with Crippen LogP contribution in [0.5, 0.6) is 0 Å². The second kappa shape index (κ2) is 7.66. The molecular formula is C11H25N3O2S. The van der Waals surface area contributed by atoms with Crippen molar-refractivity contribution < 1.29 is 8.95 Å². The van der Waals surface area contributed by atoms with Crippen LogP contribution in [0, 0.1) is 0 Å². The van der Waals surface area contributed by atoms with Gasteiger partial charge in [-0.25, -0.2) is 0 Å². The summed E-state index contributed by atoms with van der Waals surface area (Å²) >= 11 is 0. The zero-order chi connectivity index (χ0) is 13.5. The summed E-state index contributed by atoms with van der Waals surface area (Å²) in [4.78, 5) is 4.13. The lowest BCUT2D eigenvalue weighted by Crippen LogP contribution is -2.41. The fraction of sp³-hybridized carbons (Fsp3) is 0.909. The third-order valence-corrected chi connectivity index (χ3v) is 3.97. The van der Waals surface area contributed by atoms with Crippen LogP contribution in [0.4, 0.5) is 0 Å². The van der Waals surface area contributed by atoms with Crippen molar-refractivity contribution in [1.82, 2.24) is 5.32 Å². The first-order chi connectivity index (χ1) is 7.77. The number of ether oxygens (including phenoxy) is 1. The van der Waals surface area contributed by atoms with Crippen molar-refractivity contribution in [2.75, 3.05) is 26.0 Å². The van der Waals surface area contributed by atoms with Gasteiger partial charge in [0.1, 0.15) is 0 Å². The Labute approximate surface area is 107 Å². The Morgan fingerprint density at radius 2 is 2.12 bits per heavy atom. The van der Waals surface area contributed by atoms with Gasteiger partial charge in [-0.15, -0.1) is 0 Å². The Hall–Kier alpha value is -0.620. The van der Waals surface area contributed by atoms with Crippen molar-refractivity contribution in [3.63, 3.8) is 0 Å². The molecule has 5 nitrogen and oxygen atoms in total. The molecule has 0 aliphatic rings. The fourth-order valence-corrected chi connectivity index (χ4v) is 2.01. The summed E-state index contributed by atoms with van der Waals surface area (Å²) < 4.78 is 16.5. The molecule has 0 radical (unpaired) electrons. The summed E-state index contributed by atoms with van der Waals surface area (Å²) in [6.07, 6.45) is 0. The van der Waals surface area contributed by atoms with Gasteiger partial charge in [0.15, 0.2) is 5.96 Å². The lowest BCUT2D eigenvalue weighted by molar-refractivity contribution is 0.179. The molecule has 0 aromatic rings. The average Bonchev–Trinajstić information content (AvgIpc) is 2.16. The normalized spacial score (nSPS) is 16.6. The SMILES string of the molecule is COCC(C)NC(N)=NCCS(=O)C(C)(C)C. The van der Waals surface area contributed by atoms with Crippen molar-refractivity contribution in [2.24, 2.45) is 10.7 Å². The van der Waals surface area contributed by atoms with Gasteiger partial charge in [0.2, 0.25) is 0 Å². The highest BCUT2D eigenvalue weighted by Crippen LogP contribution is 2.10. The molecule has 0 amide bonds. The highest BCUT2D eigenvalue weighted by Gasteiger charge is 2.18. The number of aliphatic imine (C=N–C) groups is 1. The molecule has 0 aliphatic carbocycles. The van der Waals surface area contributed by atoms with Crippen molar-refractivity contribution in [2.45, 2.75) is 38.5 Å². The highest BCUT2D eigenvalue weighted by atomic mass is 32.2. The summed E-state index contributed by atoms with van der Waals surface area (Å²) in [7, 11) is 0.752. The predicted molar refractivity (Wildman–Crippen MR) is 73.7 cm³/mol. The Bertz CT molecular complexity index is 274. The van der Waals surface area contributed by atoms with Crippen LogP contribution < -0.4 is 11.1 Å². The number of methoxy groups -OCH3 is 1. The summed E-state index contributed by atoms with van der Waals surface area (Å²) in [5.41, 5.74) is 5.68. The van der Waals surface area contributed by atoms with Crippen LogP contribution >= 0.6 is 0 Å². The molecule has 0 aromatic carbocycles. The molecule has 0 bridgehead atoms. The van der Waals surface area contributed by atoms with Gasteiger partial charge in [-0.2, -0.15) is 0 Å². The molecule has 3 N–H and O–H groups in total. The molecule has 17 heavy (non-hydrogen) atoms. The highest BCUT2D eigenvalue weighted by molar-refractivity contribution is 7.86. The maximum absolute atomic E-state index is 11.7. The van der Waals surface area contributed by atoms with Crippen molar-refractivity contribution in [3.8, 4) is 0 Å². The maximum atomic E-state index is 11.7. The van der Waals surface area contributed by atoms with E-state index in [0.717, 1.165) is 0 Å². The van der Waals surface area contributed by atoms with Crippen LogP contribution in [-0.4, -0.2) is 47.0 Å². The Balaban J connectivity index is 3.96. The second-order valence-corrected chi connectivity index (χ2v) is 7.25. The van der Waals surface area contributed by atoms with Crippen LogP contribution in [0.2, 0.25) is 0 Å². The van der Waals surface area contributed by atoms with Gasteiger partial charge in [0, 0.05) is 34.5 Å². The van der Waals surface area contributed by atoms with E-state index in [1.54, 1.807) is 7.11 Å². The molecule has 0 aromatic heterocycles. The third kappa shape index (κ3) is 8.15. The predicted octanol–water partition coefficient (Wildman–Crippen LogP) is 0.473. The van der Waals surface area contributed by atoms with Crippen molar-refractivity contribution >= 4 is 16.8 Å². The zero-order valence-corrected chi connectivity index (χ0v) is 12.3. The largest absolute Gasteiger partial charge is 0.383 e. The standard InChI is InChI=1S/C11H25N3O2S/c1-9(8-16-5)14-10(12)13-6-7-17(15)11(2,3)4/h9H,6-8H2,1-5H3,(H3,12,13,14). The second-order valence-electron chi connectivity index (χ2n) is 4.93. The molecule has 0 fully saturated rings. The summed E-state index contributed by atoms with van der Waals surface area (Å²) in [5.74, 6) is 0.908. The van der Waals surface area contributed by atoms with E-state index in [1.807, 2.05) is 27.7 Å². The van der Waals surface area contributed by atoms with Gasteiger partial charge in [-0.3, -0.25) is 9.20 Å². The van der Waals surface area contributed by atoms with Gasteiger partial charge >= 0.3 is 0 Å². The first-order valence-corrected chi connectivity index (χ1v) is 7.03. The number of hydrogen-bond acceptors (Lipinski definition) is 3. The molecule has 102 valence electrons. The van der Waals surface area contributed by atoms with E-state index in [9.17, 15) is 4.21 Å². The molecule has 0 saturated heterocycles. The van der Waals surface area contributed by atoms with Crippen molar-refractivity contribution in [1.29, 1.82) is 0 Å². The molecular weight excluding hydrogens is 238 g/mol. The van der Waals surface area contributed by atoms with Crippen LogP contribution in [0.3, 0.4) is 0 Å². The monoisotopic (exact) mass is 263 g/mol. The maximum Gasteiger partial charge on any atom is 0.188 e.